The minimum atomic E-state index is -0.868. The van der Waals surface area contributed by atoms with Gasteiger partial charge in [-0.2, -0.15) is 0 Å². The molecule has 0 radical (unpaired) electrons. The Morgan fingerprint density at radius 2 is 1.86 bits per heavy atom. The molecule has 2 aromatic rings. The average molecular weight is 296 g/mol. The van der Waals surface area contributed by atoms with Crippen LogP contribution in [0.4, 0.5) is 0 Å². The second-order valence-corrected chi connectivity index (χ2v) is 5.41. The van der Waals surface area contributed by atoms with Gasteiger partial charge in [-0.05, 0) is 41.7 Å². The number of benzene rings is 2. The predicted octanol–water partition coefficient (Wildman–Crippen LogP) is 2.65. The van der Waals surface area contributed by atoms with Crippen LogP contribution in [-0.2, 0) is 24.1 Å². The first-order valence-corrected chi connectivity index (χ1v) is 7.13. The Morgan fingerprint density at radius 3 is 2.59 bits per heavy atom. The van der Waals surface area contributed by atoms with Crippen LogP contribution in [-0.4, -0.2) is 24.0 Å². The number of rotatable bonds is 3. The summed E-state index contributed by atoms with van der Waals surface area (Å²) >= 11 is 0. The molecule has 3 rings (SSSR count). The van der Waals surface area contributed by atoms with Gasteiger partial charge in [0.2, 0.25) is 0 Å². The lowest BCUT2D eigenvalue weighted by Gasteiger charge is -2.08. The Balaban J connectivity index is 2.04. The van der Waals surface area contributed by atoms with Crippen molar-refractivity contribution in [1.82, 2.24) is 0 Å². The van der Waals surface area contributed by atoms with Crippen LogP contribution in [0, 0.1) is 0 Å². The van der Waals surface area contributed by atoms with Crippen LogP contribution in [0.5, 0.6) is 5.75 Å². The Kier molecular flexibility index (Phi) is 3.67. The second-order valence-electron chi connectivity index (χ2n) is 5.41. The molecular formula is C18H16O4. The molecule has 0 spiro atoms. The normalized spacial score (nSPS) is 13.0. The molecule has 0 unspecified atom stereocenters. The zero-order valence-electron chi connectivity index (χ0n) is 12.3. The molecule has 0 amide bonds. The smallest absolute Gasteiger partial charge is 0.307 e. The number of carboxylic acid groups (broad SMARTS) is 1. The van der Waals surface area contributed by atoms with E-state index in [-0.39, 0.29) is 12.2 Å². The minimum Gasteiger partial charge on any atom is -0.497 e. The molecule has 1 aliphatic rings. The molecule has 0 saturated heterocycles. The zero-order valence-corrected chi connectivity index (χ0v) is 12.3. The van der Waals surface area contributed by atoms with Gasteiger partial charge in [0.05, 0.1) is 13.5 Å². The SMILES string of the molecule is COc1ccc2c(c1)C(=O)c1ccc(CC(=O)O)cc1CC2. The average Bonchev–Trinajstić information content (AvgIpc) is 2.64. The third-order valence-corrected chi connectivity index (χ3v) is 3.99. The number of hydrogen-bond acceptors (Lipinski definition) is 3. The van der Waals surface area contributed by atoms with E-state index in [1.165, 1.54) is 0 Å². The van der Waals surface area contributed by atoms with Crippen molar-refractivity contribution in [1.29, 1.82) is 0 Å². The number of carboxylic acids is 1. The van der Waals surface area contributed by atoms with Gasteiger partial charge in [0, 0.05) is 11.1 Å². The van der Waals surface area contributed by atoms with Gasteiger partial charge in [-0.25, -0.2) is 0 Å². The number of carbonyl (C=O) groups excluding carboxylic acids is 1. The first kappa shape index (κ1) is 14.3. The summed E-state index contributed by atoms with van der Waals surface area (Å²) in [6, 6.07) is 10.9. The van der Waals surface area contributed by atoms with E-state index in [1.807, 2.05) is 18.2 Å². The summed E-state index contributed by atoms with van der Waals surface area (Å²) < 4.78 is 5.20. The van der Waals surface area contributed by atoms with Crippen molar-refractivity contribution in [3.63, 3.8) is 0 Å². The number of methoxy groups -OCH3 is 1. The largest absolute Gasteiger partial charge is 0.497 e. The standard InChI is InChI=1S/C18H16O4/c1-22-14-6-5-12-3-4-13-8-11(9-17(19)20)2-7-15(13)18(21)16(12)10-14/h2,5-8,10H,3-4,9H2,1H3,(H,19,20). The quantitative estimate of drug-likeness (QED) is 0.945. The highest BCUT2D eigenvalue weighted by Crippen LogP contribution is 2.28. The van der Waals surface area contributed by atoms with Gasteiger partial charge >= 0.3 is 5.97 Å². The summed E-state index contributed by atoms with van der Waals surface area (Å²) in [4.78, 5) is 23.6. The molecular weight excluding hydrogens is 280 g/mol. The Labute approximate surface area is 128 Å². The molecule has 22 heavy (non-hydrogen) atoms. The van der Waals surface area contributed by atoms with E-state index in [1.54, 1.807) is 25.3 Å². The molecule has 4 nitrogen and oxygen atoms in total. The molecule has 0 aliphatic heterocycles. The van der Waals surface area contributed by atoms with Crippen LogP contribution >= 0.6 is 0 Å². The topological polar surface area (TPSA) is 63.6 Å². The summed E-state index contributed by atoms with van der Waals surface area (Å²) in [6.07, 6.45) is 1.46. The molecule has 0 bridgehead atoms. The van der Waals surface area contributed by atoms with Gasteiger partial charge in [-0.1, -0.05) is 24.3 Å². The maximum Gasteiger partial charge on any atom is 0.307 e. The number of carbonyl (C=O) groups is 2. The van der Waals surface area contributed by atoms with Crippen LogP contribution in [0.1, 0.15) is 32.6 Å². The van der Waals surface area contributed by atoms with Gasteiger partial charge in [0.15, 0.2) is 5.78 Å². The van der Waals surface area contributed by atoms with Crippen LogP contribution in [0.2, 0.25) is 0 Å². The Bertz CT molecular complexity index is 762. The van der Waals surface area contributed by atoms with E-state index in [0.29, 0.717) is 16.9 Å². The van der Waals surface area contributed by atoms with Crippen molar-refractivity contribution >= 4 is 11.8 Å². The highest BCUT2D eigenvalue weighted by atomic mass is 16.5. The van der Waals surface area contributed by atoms with Gasteiger partial charge in [0.1, 0.15) is 5.75 Å². The van der Waals surface area contributed by atoms with E-state index >= 15 is 0 Å². The lowest BCUT2D eigenvalue weighted by molar-refractivity contribution is -0.136. The summed E-state index contributed by atoms with van der Waals surface area (Å²) in [6.45, 7) is 0. The highest BCUT2D eigenvalue weighted by molar-refractivity contribution is 6.11. The summed E-state index contributed by atoms with van der Waals surface area (Å²) in [5.41, 5.74) is 3.97. The van der Waals surface area contributed by atoms with Crippen LogP contribution in [0.15, 0.2) is 36.4 Å². The maximum absolute atomic E-state index is 12.8. The highest BCUT2D eigenvalue weighted by Gasteiger charge is 2.22. The number of fused-ring (bicyclic) bond motifs is 2. The predicted molar refractivity (Wildman–Crippen MR) is 81.6 cm³/mol. The fourth-order valence-electron chi connectivity index (χ4n) is 2.89. The van der Waals surface area contributed by atoms with Crippen molar-refractivity contribution in [3.05, 3.63) is 64.2 Å². The molecule has 0 atom stereocenters. The molecule has 4 heteroatoms. The number of ether oxygens (including phenoxy) is 1. The Morgan fingerprint density at radius 1 is 1.09 bits per heavy atom. The summed E-state index contributed by atoms with van der Waals surface area (Å²) in [5, 5.41) is 8.90. The third kappa shape index (κ3) is 2.60. The molecule has 1 aliphatic carbocycles. The van der Waals surface area contributed by atoms with Crippen molar-refractivity contribution < 1.29 is 19.4 Å². The molecule has 2 aromatic carbocycles. The van der Waals surface area contributed by atoms with Crippen LogP contribution < -0.4 is 4.74 Å². The van der Waals surface area contributed by atoms with E-state index in [0.717, 1.165) is 29.5 Å². The van der Waals surface area contributed by atoms with Gasteiger partial charge < -0.3 is 9.84 Å². The fourth-order valence-corrected chi connectivity index (χ4v) is 2.89. The number of aliphatic carboxylic acids is 1. The van der Waals surface area contributed by atoms with E-state index < -0.39 is 5.97 Å². The minimum absolute atomic E-state index is 0.0247. The van der Waals surface area contributed by atoms with Crippen LogP contribution in [0.25, 0.3) is 0 Å². The van der Waals surface area contributed by atoms with Gasteiger partial charge in [-0.15, -0.1) is 0 Å². The molecule has 0 aromatic heterocycles. The van der Waals surface area contributed by atoms with E-state index in [4.69, 9.17) is 9.84 Å². The number of ketones is 1. The molecule has 0 heterocycles. The van der Waals surface area contributed by atoms with Crippen molar-refractivity contribution in [2.24, 2.45) is 0 Å². The summed E-state index contributed by atoms with van der Waals surface area (Å²) in [7, 11) is 1.58. The van der Waals surface area contributed by atoms with Crippen molar-refractivity contribution in [2.45, 2.75) is 19.3 Å². The lowest BCUT2D eigenvalue weighted by atomic mass is 9.96. The molecule has 1 N–H and O–H groups in total. The zero-order chi connectivity index (χ0) is 15.7. The fraction of sp³-hybridized carbons (Fsp3) is 0.222. The maximum atomic E-state index is 12.8. The monoisotopic (exact) mass is 296 g/mol. The van der Waals surface area contributed by atoms with Crippen molar-refractivity contribution in [2.75, 3.05) is 7.11 Å². The Hall–Kier alpha value is -2.62. The molecule has 0 fully saturated rings. The van der Waals surface area contributed by atoms with Gasteiger partial charge in [-0.3, -0.25) is 9.59 Å². The van der Waals surface area contributed by atoms with E-state index in [9.17, 15) is 9.59 Å². The van der Waals surface area contributed by atoms with Crippen LogP contribution in [0.3, 0.4) is 0 Å². The van der Waals surface area contributed by atoms with Gasteiger partial charge in [0.25, 0.3) is 0 Å². The number of aryl methyl sites for hydroxylation is 2. The van der Waals surface area contributed by atoms with E-state index in [2.05, 4.69) is 0 Å². The second kappa shape index (κ2) is 5.64. The molecule has 0 saturated carbocycles. The van der Waals surface area contributed by atoms with Crippen molar-refractivity contribution in [3.8, 4) is 5.75 Å². The number of hydrogen-bond donors (Lipinski definition) is 1. The first-order valence-electron chi connectivity index (χ1n) is 7.13. The first-order chi connectivity index (χ1) is 10.6. The summed E-state index contributed by atoms with van der Waals surface area (Å²) in [5.74, 6) is -0.228. The third-order valence-electron chi connectivity index (χ3n) is 3.99. The lowest BCUT2D eigenvalue weighted by Crippen LogP contribution is -2.06. The molecule has 112 valence electrons.